The summed E-state index contributed by atoms with van der Waals surface area (Å²) in [4.78, 5) is 31.0. The molecule has 0 radical (unpaired) electrons. The number of ether oxygens (including phenoxy) is 1. The van der Waals surface area contributed by atoms with Crippen molar-refractivity contribution in [2.75, 3.05) is 49.1 Å². The minimum absolute atomic E-state index is 0.0480. The van der Waals surface area contributed by atoms with E-state index in [2.05, 4.69) is 36.9 Å². The molecule has 0 saturated carbocycles. The van der Waals surface area contributed by atoms with Crippen LogP contribution in [0.5, 0.6) is 5.75 Å². The molecule has 29 heavy (non-hydrogen) atoms. The molecule has 2 aliphatic heterocycles. The smallest absolute Gasteiger partial charge is 0.331 e. The number of carbonyl (C=O) groups excluding carboxylic acids is 2. The SMILES string of the molecule is Cc1ccc2c(c1)OC(=O)CN2CC(=O)N1CCN(c2cccc(C)c2C)CC1. The number of carbonyl (C=O) groups is 2. The zero-order valence-electron chi connectivity index (χ0n) is 17.3. The van der Waals surface area contributed by atoms with Crippen molar-refractivity contribution in [1.29, 1.82) is 0 Å². The monoisotopic (exact) mass is 393 g/mol. The molecule has 0 aromatic heterocycles. The normalized spacial score (nSPS) is 16.5. The van der Waals surface area contributed by atoms with Gasteiger partial charge in [-0.3, -0.25) is 4.79 Å². The zero-order chi connectivity index (χ0) is 20.5. The number of hydrogen-bond donors (Lipinski definition) is 0. The third kappa shape index (κ3) is 3.92. The molecular weight excluding hydrogens is 366 g/mol. The van der Waals surface area contributed by atoms with Gasteiger partial charge in [0.05, 0.1) is 12.2 Å². The predicted molar refractivity (Wildman–Crippen MR) is 114 cm³/mol. The Balaban J connectivity index is 1.41. The van der Waals surface area contributed by atoms with Crippen LogP contribution in [0, 0.1) is 20.8 Å². The van der Waals surface area contributed by atoms with Crippen LogP contribution in [0.25, 0.3) is 0 Å². The number of aryl methyl sites for hydroxylation is 2. The highest BCUT2D eigenvalue weighted by atomic mass is 16.5. The largest absolute Gasteiger partial charge is 0.423 e. The second-order valence-electron chi connectivity index (χ2n) is 7.89. The lowest BCUT2D eigenvalue weighted by molar-refractivity contribution is -0.133. The van der Waals surface area contributed by atoms with Gasteiger partial charge in [0.2, 0.25) is 5.91 Å². The second-order valence-corrected chi connectivity index (χ2v) is 7.89. The average molecular weight is 393 g/mol. The van der Waals surface area contributed by atoms with Gasteiger partial charge in [0.1, 0.15) is 6.54 Å². The van der Waals surface area contributed by atoms with E-state index in [0.29, 0.717) is 18.8 Å². The van der Waals surface area contributed by atoms with Crippen molar-refractivity contribution in [3.8, 4) is 5.75 Å². The molecule has 0 unspecified atom stereocenters. The van der Waals surface area contributed by atoms with E-state index in [1.54, 1.807) is 0 Å². The van der Waals surface area contributed by atoms with Crippen LogP contribution in [0.2, 0.25) is 0 Å². The molecular formula is C23H27N3O3. The molecule has 2 heterocycles. The van der Waals surface area contributed by atoms with Crippen molar-refractivity contribution in [3.63, 3.8) is 0 Å². The number of benzene rings is 2. The van der Waals surface area contributed by atoms with Gasteiger partial charge in [-0.2, -0.15) is 0 Å². The van der Waals surface area contributed by atoms with E-state index in [-0.39, 0.29) is 25.0 Å². The van der Waals surface area contributed by atoms with E-state index < -0.39 is 0 Å². The van der Waals surface area contributed by atoms with Gasteiger partial charge in [-0.1, -0.05) is 18.2 Å². The van der Waals surface area contributed by atoms with Crippen LogP contribution in [0.15, 0.2) is 36.4 Å². The molecule has 6 heteroatoms. The van der Waals surface area contributed by atoms with E-state index in [1.165, 1.54) is 16.8 Å². The van der Waals surface area contributed by atoms with Crippen LogP contribution >= 0.6 is 0 Å². The van der Waals surface area contributed by atoms with Gasteiger partial charge in [-0.25, -0.2) is 4.79 Å². The van der Waals surface area contributed by atoms with E-state index in [1.807, 2.05) is 34.9 Å². The summed E-state index contributed by atoms with van der Waals surface area (Å²) < 4.78 is 5.34. The van der Waals surface area contributed by atoms with Gasteiger partial charge >= 0.3 is 5.97 Å². The van der Waals surface area contributed by atoms with Crippen LogP contribution in [-0.2, 0) is 9.59 Å². The number of hydrogen-bond acceptors (Lipinski definition) is 5. The summed E-state index contributed by atoms with van der Waals surface area (Å²) in [7, 11) is 0. The van der Waals surface area contributed by atoms with Crippen molar-refractivity contribution >= 4 is 23.3 Å². The molecule has 2 aromatic rings. The first-order valence-corrected chi connectivity index (χ1v) is 10.1. The molecule has 0 aliphatic carbocycles. The first-order valence-electron chi connectivity index (χ1n) is 10.1. The first kappa shape index (κ1) is 19.3. The Morgan fingerprint density at radius 3 is 2.52 bits per heavy atom. The fourth-order valence-electron chi connectivity index (χ4n) is 4.04. The number of piperazine rings is 1. The summed E-state index contributed by atoms with van der Waals surface area (Å²) in [5, 5.41) is 0. The highest BCUT2D eigenvalue weighted by Gasteiger charge is 2.29. The Bertz CT molecular complexity index is 948. The summed E-state index contributed by atoms with van der Waals surface area (Å²) in [5.74, 6) is 0.260. The molecule has 4 rings (SSSR count). The maximum Gasteiger partial charge on any atom is 0.331 e. The first-order chi connectivity index (χ1) is 13.9. The van der Waals surface area contributed by atoms with Gasteiger partial charge in [0, 0.05) is 31.9 Å². The van der Waals surface area contributed by atoms with Crippen LogP contribution in [0.1, 0.15) is 16.7 Å². The van der Waals surface area contributed by atoms with Gasteiger partial charge in [-0.15, -0.1) is 0 Å². The predicted octanol–water partition coefficient (Wildman–Crippen LogP) is 2.69. The van der Waals surface area contributed by atoms with Crippen molar-refractivity contribution < 1.29 is 14.3 Å². The highest BCUT2D eigenvalue weighted by molar-refractivity contribution is 5.89. The summed E-state index contributed by atoms with van der Waals surface area (Å²) >= 11 is 0. The Labute approximate surface area is 171 Å². The molecule has 1 fully saturated rings. The standard InChI is InChI=1S/C23H27N3O3/c1-16-7-8-20-21(13-16)29-23(28)15-26(20)14-22(27)25-11-9-24(10-12-25)19-6-4-5-17(2)18(19)3/h4-8,13H,9-12,14-15H2,1-3H3. The van der Waals surface area contributed by atoms with E-state index in [4.69, 9.17) is 4.74 Å². The van der Waals surface area contributed by atoms with Gasteiger partial charge in [0.15, 0.2) is 5.75 Å². The van der Waals surface area contributed by atoms with Crippen molar-refractivity contribution in [1.82, 2.24) is 4.90 Å². The lowest BCUT2D eigenvalue weighted by Gasteiger charge is -2.38. The number of fused-ring (bicyclic) bond motifs is 1. The molecule has 0 atom stereocenters. The summed E-state index contributed by atoms with van der Waals surface area (Å²) in [6, 6.07) is 12.1. The molecule has 2 aliphatic rings. The van der Waals surface area contributed by atoms with Gasteiger partial charge < -0.3 is 19.4 Å². The molecule has 6 nitrogen and oxygen atoms in total. The van der Waals surface area contributed by atoms with Crippen molar-refractivity contribution in [2.45, 2.75) is 20.8 Å². The van der Waals surface area contributed by atoms with Gasteiger partial charge in [0.25, 0.3) is 0 Å². The van der Waals surface area contributed by atoms with Gasteiger partial charge in [-0.05, 0) is 55.7 Å². The number of amides is 1. The molecule has 2 aromatic carbocycles. The van der Waals surface area contributed by atoms with Crippen molar-refractivity contribution in [2.24, 2.45) is 0 Å². The van der Waals surface area contributed by atoms with Crippen LogP contribution < -0.4 is 14.5 Å². The molecule has 1 saturated heterocycles. The lowest BCUT2D eigenvalue weighted by Crippen LogP contribution is -2.52. The Kier molecular flexibility index (Phi) is 5.18. The van der Waals surface area contributed by atoms with E-state index in [0.717, 1.165) is 24.3 Å². The van der Waals surface area contributed by atoms with Crippen LogP contribution in [0.3, 0.4) is 0 Å². The van der Waals surface area contributed by atoms with Crippen molar-refractivity contribution in [3.05, 3.63) is 53.1 Å². The fourth-order valence-corrected chi connectivity index (χ4v) is 4.04. The second kappa shape index (κ2) is 7.78. The number of rotatable bonds is 3. The Hall–Kier alpha value is -3.02. The third-order valence-corrected chi connectivity index (χ3v) is 5.87. The minimum Gasteiger partial charge on any atom is -0.423 e. The quantitative estimate of drug-likeness (QED) is 0.593. The Morgan fingerprint density at radius 1 is 1.00 bits per heavy atom. The number of anilines is 2. The lowest BCUT2D eigenvalue weighted by atomic mass is 10.1. The van der Waals surface area contributed by atoms with Crippen LogP contribution in [0.4, 0.5) is 11.4 Å². The molecule has 0 N–H and O–H groups in total. The number of esters is 1. The fraction of sp³-hybridized carbons (Fsp3) is 0.391. The summed E-state index contributed by atoms with van der Waals surface area (Å²) in [6.07, 6.45) is 0. The molecule has 152 valence electrons. The minimum atomic E-state index is -0.323. The maximum atomic E-state index is 12.9. The summed E-state index contributed by atoms with van der Waals surface area (Å²) in [5.41, 5.74) is 5.66. The van der Waals surface area contributed by atoms with E-state index in [9.17, 15) is 9.59 Å². The molecule has 0 spiro atoms. The maximum absolute atomic E-state index is 12.9. The molecule has 1 amide bonds. The Morgan fingerprint density at radius 2 is 1.76 bits per heavy atom. The number of nitrogens with zero attached hydrogens (tertiary/aromatic N) is 3. The average Bonchev–Trinajstić information content (AvgIpc) is 2.69. The van der Waals surface area contributed by atoms with E-state index >= 15 is 0 Å². The highest BCUT2D eigenvalue weighted by Crippen LogP contribution is 2.32. The van der Waals surface area contributed by atoms with Crippen LogP contribution in [-0.4, -0.2) is 56.0 Å². The third-order valence-electron chi connectivity index (χ3n) is 5.87. The molecule has 0 bridgehead atoms. The topological polar surface area (TPSA) is 53.1 Å². The zero-order valence-corrected chi connectivity index (χ0v) is 17.3. The summed E-state index contributed by atoms with van der Waals surface area (Å²) in [6.45, 7) is 9.52.